The van der Waals surface area contributed by atoms with E-state index >= 15 is 0 Å². The third-order valence-electron chi connectivity index (χ3n) is 6.14. The molecule has 0 aromatic carbocycles. The van der Waals surface area contributed by atoms with E-state index in [2.05, 4.69) is 38.7 Å². The molecule has 0 amide bonds. The van der Waals surface area contributed by atoms with Crippen LogP contribution in [-0.2, 0) is 0 Å². The van der Waals surface area contributed by atoms with Crippen LogP contribution in [0.15, 0.2) is 0 Å². The minimum absolute atomic E-state index is 0.325. The van der Waals surface area contributed by atoms with Crippen molar-refractivity contribution in [1.29, 1.82) is 5.26 Å². The van der Waals surface area contributed by atoms with Gasteiger partial charge in [-0.25, -0.2) is 0 Å². The van der Waals surface area contributed by atoms with E-state index in [1.165, 1.54) is 0 Å². The van der Waals surface area contributed by atoms with Gasteiger partial charge in [0.2, 0.25) is 0 Å². The molecule has 1 N–H and O–H groups in total. The number of nitriles is 1. The van der Waals surface area contributed by atoms with E-state index in [1.807, 2.05) is 0 Å². The van der Waals surface area contributed by atoms with Gasteiger partial charge in [0.15, 0.2) is 0 Å². The second-order valence-electron chi connectivity index (χ2n) is 8.37. The molecule has 2 aliphatic rings. The van der Waals surface area contributed by atoms with E-state index in [4.69, 9.17) is 0 Å². The number of nitrogens with zero attached hydrogens (tertiary/aromatic N) is 2. The van der Waals surface area contributed by atoms with E-state index < -0.39 is 11.0 Å². The van der Waals surface area contributed by atoms with Gasteiger partial charge in [0.25, 0.3) is 0 Å². The Balaban J connectivity index is 2.16. The first-order chi connectivity index (χ1) is 9.74. The Labute approximate surface area is 130 Å². The smallest absolute Gasteiger partial charge is 0.0861 e. The predicted octanol–water partition coefficient (Wildman–Crippen LogP) is 3.72. The van der Waals surface area contributed by atoms with Gasteiger partial charge in [-0.05, 0) is 70.8 Å². The van der Waals surface area contributed by atoms with Gasteiger partial charge < -0.3 is 10.0 Å². The van der Waals surface area contributed by atoms with Gasteiger partial charge in [-0.15, -0.1) is 0 Å². The average molecular weight is 292 g/mol. The summed E-state index contributed by atoms with van der Waals surface area (Å²) in [6.45, 7) is 11.0. The number of aliphatic hydroxyl groups is 1. The third kappa shape index (κ3) is 3.27. The molecule has 2 fully saturated rings. The van der Waals surface area contributed by atoms with Crippen LogP contribution in [0, 0.1) is 22.2 Å². The predicted molar refractivity (Wildman–Crippen MR) is 85.8 cm³/mol. The van der Waals surface area contributed by atoms with Gasteiger partial charge in [-0.1, -0.05) is 13.8 Å². The first-order valence-corrected chi connectivity index (χ1v) is 8.61. The van der Waals surface area contributed by atoms with Crippen LogP contribution >= 0.6 is 0 Å². The van der Waals surface area contributed by atoms with Crippen molar-refractivity contribution in [2.75, 3.05) is 13.1 Å². The van der Waals surface area contributed by atoms with Crippen molar-refractivity contribution in [2.24, 2.45) is 10.8 Å². The van der Waals surface area contributed by atoms with E-state index in [0.29, 0.717) is 11.5 Å². The van der Waals surface area contributed by atoms with E-state index in [1.54, 1.807) is 0 Å². The van der Waals surface area contributed by atoms with Gasteiger partial charge in [-0.3, -0.25) is 0 Å². The molecule has 2 rings (SSSR count). The highest BCUT2D eigenvalue weighted by Gasteiger charge is 2.53. The Kier molecular flexibility index (Phi) is 4.71. The zero-order valence-electron chi connectivity index (χ0n) is 14.3. The van der Waals surface area contributed by atoms with Gasteiger partial charge in [0.1, 0.15) is 0 Å². The number of likely N-dealkylation sites (tertiary alicyclic amines) is 1. The van der Waals surface area contributed by atoms with Crippen molar-refractivity contribution >= 4 is 0 Å². The third-order valence-corrected chi connectivity index (χ3v) is 6.14. The lowest BCUT2D eigenvalue weighted by atomic mass is 9.57. The normalized spacial score (nSPS) is 33.4. The summed E-state index contributed by atoms with van der Waals surface area (Å²) in [6.07, 6.45) is 6.35. The van der Waals surface area contributed by atoms with Gasteiger partial charge in [0.05, 0.1) is 17.1 Å². The maximum atomic E-state index is 11.3. The van der Waals surface area contributed by atoms with Crippen LogP contribution in [0.1, 0.15) is 72.6 Å². The van der Waals surface area contributed by atoms with Gasteiger partial charge >= 0.3 is 0 Å². The Morgan fingerprint density at radius 1 is 1.00 bits per heavy atom. The highest BCUT2D eigenvalue weighted by atomic mass is 16.3. The Bertz CT molecular complexity index is 400. The zero-order valence-corrected chi connectivity index (χ0v) is 14.3. The largest absolute Gasteiger partial charge is 0.388 e. The summed E-state index contributed by atoms with van der Waals surface area (Å²) < 4.78 is 0. The summed E-state index contributed by atoms with van der Waals surface area (Å²) in [5.74, 6) is 0. The van der Waals surface area contributed by atoms with Crippen molar-refractivity contribution in [2.45, 2.75) is 84.3 Å². The molecular weight excluding hydrogens is 260 g/mol. The number of hydrogen-bond acceptors (Lipinski definition) is 3. The SMILES string of the molecule is CC(C)N1CCCC(O)(C2(C#N)CCC(C)(C)CC2)CC1. The van der Waals surface area contributed by atoms with Crippen LogP contribution in [0.5, 0.6) is 0 Å². The molecule has 1 aliphatic carbocycles. The summed E-state index contributed by atoms with van der Waals surface area (Å²) in [5.41, 5.74) is -0.983. The van der Waals surface area contributed by atoms with Gasteiger partial charge in [-0.2, -0.15) is 5.26 Å². The van der Waals surface area contributed by atoms with E-state index in [-0.39, 0.29) is 0 Å². The van der Waals surface area contributed by atoms with Crippen LogP contribution in [0.3, 0.4) is 0 Å². The fraction of sp³-hybridized carbons (Fsp3) is 0.944. The van der Waals surface area contributed by atoms with E-state index in [9.17, 15) is 10.4 Å². The molecule has 1 saturated carbocycles. The topological polar surface area (TPSA) is 47.3 Å². The lowest BCUT2D eigenvalue weighted by molar-refractivity contribution is -0.0943. The minimum Gasteiger partial charge on any atom is -0.388 e. The first-order valence-electron chi connectivity index (χ1n) is 8.61. The van der Waals surface area contributed by atoms with Crippen molar-refractivity contribution < 1.29 is 5.11 Å². The minimum atomic E-state index is -0.790. The van der Waals surface area contributed by atoms with Crippen LogP contribution in [0.4, 0.5) is 0 Å². The Morgan fingerprint density at radius 3 is 2.14 bits per heavy atom. The van der Waals surface area contributed by atoms with Crippen LogP contribution in [0.2, 0.25) is 0 Å². The first kappa shape index (κ1) is 16.8. The molecule has 0 aromatic rings. The molecule has 1 heterocycles. The highest BCUT2D eigenvalue weighted by molar-refractivity contribution is 5.14. The summed E-state index contributed by atoms with van der Waals surface area (Å²) in [4.78, 5) is 2.44. The second kappa shape index (κ2) is 5.89. The molecule has 0 bridgehead atoms. The maximum Gasteiger partial charge on any atom is 0.0861 e. The zero-order chi connectivity index (χ0) is 15.7. The molecule has 21 heavy (non-hydrogen) atoms. The molecule has 1 aliphatic heterocycles. The lowest BCUT2D eigenvalue weighted by Crippen LogP contribution is -2.51. The second-order valence-corrected chi connectivity index (χ2v) is 8.37. The molecule has 0 spiro atoms. The molecular formula is C18H32N2O. The fourth-order valence-electron chi connectivity index (χ4n) is 4.17. The number of hydrogen-bond donors (Lipinski definition) is 1. The monoisotopic (exact) mass is 292 g/mol. The van der Waals surface area contributed by atoms with Crippen molar-refractivity contribution in [3.63, 3.8) is 0 Å². The van der Waals surface area contributed by atoms with Crippen molar-refractivity contribution in [1.82, 2.24) is 4.90 Å². The molecule has 120 valence electrons. The van der Waals surface area contributed by atoms with E-state index in [0.717, 1.165) is 58.0 Å². The quantitative estimate of drug-likeness (QED) is 0.843. The summed E-state index contributed by atoms with van der Waals surface area (Å²) in [6, 6.07) is 3.09. The lowest BCUT2D eigenvalue weighted by Gasteiger charge is -2.48. The molecule has 0 radical (unpaired) electrons. The standard InChI is InChI=1S/C18H32N2O/c1-15(2)20-12-5-6-18(21,11-13-20)17(14-19)9-7-16(3,4)8-10-17/h15,21H,5-13H2,1-4H3. The molecule has 0 aromatic heterocycles. The molecule has 3 nitrogen and oxygen atoms in total. The Morgan fingerprint density at radius 2 is 1.62 bits per heavy atom. The molecule has 1 unspecified atom stereocenters. The fourth-order valence-corrected chi connectivity index (χ4v) is 4.17. The van der Waals surface area contributed by atoms with Crippen LogP contribution in [-0.4, -0.2) is 34.7 Å². The van der Waals surface area contributed by atoms with Gasteiger partial charge in [0, 0.05) is 12.6 Å². The van der Waals surface area contributed by atoms with Crippen LogP contribution in [0.25, 0.3) is 0 Å². The van der Waals surface area contributed by atoms with Crippen LogP contribution < -0.4 is 0 Å². The van der Waals surface area contributed by atoms with Crippen molar-refractivity contribution in [3.05, 3.63) is 0 Å². The van der Waals surface area contributed by atoms with Crippen molar-refractivity contribution in [3.8, 4) is 6.07 Å². The molecule has 1 saturated heterocycles. The molecule has 1 atom stereocenters. The summed E-state index contributed by atoms with van der Waals surface area (Å²) in [5, 5.41) is 21.2. The highest BCUT2D eigenvalue weighted by Crippen LogP contribution is 2.53. The summed E-state index contributed by atoms with van der Waals surface area (Å²) in [7, 11) is 0. The maximum absolute atomic E-state index is 11.3. The summed E-state index contributed by atoms with van der Waals surface area (Å²) >= 11 is 0. The number of rotatable bonds is 2. The molecule has 3 heteroatoms. The average Bonchev–Trinajstić information content (AvgIpc) is 2.62. The Hall–Kier alpha value is -0.590.